The van der Waals surface area contributed by atoms with Gasteiger partial charge in [0.25, 0.3) is 0 Å². The molecule has 0 heterocycles. The molecule has 1 aromatic rings. The summed E-state index contributed by atoms with van der Waals surface area (Å²) in [6.07, 6.45) is 3.01. The maximum Gasteiger partial charge on any atom is 0.191 e. The van der Waals surface area contributed by atoms with Crippen molar-refractivity contribution in [2.45, 2.75) is 18.4 Å². The SMILES string of the molecule is C=CCNC(=NC)NC1CC1c1ccccc1.I. The highest BCUT2D eigenvalue weighted by molar-refractivity contribution is 14.0. The summed E-state index contributed by atoms with van der Waals surface area (Å²) < 4.78 is 0. The Morgan fingerprint density at radius 3 is 2.78 bits per heavy atom. The van der Waals surface area contributed by atoms with Crippen molar-refractivity contribution < 1.29 is 0 Å². The lowest BCUT2D eigenvalue weighted by molar-refractivity contribution is 0.818. The Hall–Kier alpha value is -1.04. The summed E-state index contributed by atoms with van der Waals surface area (Å²) >= 11 is 0. The third-order valence-corrected chi connectivity index (χ3v) is 2.98. The quantitative estimate of drug-likeness (QED) is 0.376. The van der Waals surface area contributed by atoms with Crippen LogP contribution in [0.15, 0.2) is 48.0 Å². The molecule has 1 aliphatic carbocycles. The van der Waals surface area contributed by atoms with Crippen LogP contribution in [0.25, 0.3) is 0 Å². The fourth-order valence-corrected chi connectivity index (χ4v) is 1.96. The largest absolute Gasteiger partial charge is 0.353 e. The van der Waals surface area contributed by atoms with Gasteiger partial charge in [-0.3, -0.25) is 4.99 Å². The Morgan fingerprint density at radius 2 is 2.17 bits per heavy atom. The Kier molecular flexibility index (Phi) is 6.18. The van der Waals surface area contributed by atoms with E-state index in [2.05, 4.69) is 52.5 Å². The molecule has 1 saturated carbocycles. The van der Waals surface area contributed by atoms with Gasteiger partial charge < -0.3 is 10.6 Å². The summed E-state index contributed by atoms with van der Waals surface area (Å²) in [7, 11) is 1.79. The molecule has 2 atom stereocenters. The van der Waals surface area contributed by atoms with Gasteiger partial charge in [0.1, 0.15) is 0 Å². The molecule has 0 aliphatic heterocycles. The van der Waals surface area contributed by atoms with E-state index in [-0.39, 0.29) is 24.0 Å². The number of guanidine groups is 1. The van der Waals surface area contributed by atoms with Crippen LogP contribution >= 0.6 is 24.0 Å². The molecule has 0 spiro atoms. The van der Waals surface area contributed by atoms with Gasteiger partial charge in [-0.05, 0) is 12.0 Å². The van der Waals surface area contributed by atoms with Crippen LogP contribution in [0.3, 0.4) is 0 Å². The van der Waals surface area contributed by atoms with Crippen LogP contribution in [0.1, 0.15) is 17.9 Å². The summed E-state index contributed by atoms with van der Waals surface area (Å²) in [5.74, 6) is 1.48. The highest BCUT2D eigenvalue weighted by Gasteiger charge is 2.38. The molecule has 2 N–H and O–H groups in total. The summed E-state index contributed by atoms with van der Waals surface area (Å²) in [6.45, 7) is 4.42. The average molecular weight is 357 g/mol. The van der Waals surface area contributed by atoms with E-state index in [0.717, 1.165) is 12.5 Å². The molecule has 0 amide bonds. The predicted molar refractivity (Wildman–Crippen MR) is 87.7 cm³/mol. The average Bonchev–Trinajstić information content (AvgIpc) is 3.15. The van der Waals surface area contributed by atoms with Crippen molar-refractivity contribution in [3.8, 4) is 0 Å². The van der Waals surface area contributed by atoms with Crippen LogP contribution in [-0.2, 0) is 0 Å². The molecule has 98 valence electrons. The van der Waals surface area contributed by atoms with Gasteiger partial charge in [0.15, 0.2) is 5.96 Å². The van der Waals surface area contributed by atoms with Crippen LogP contribution in [0.4, 0.5) is 0 Å². The Bertz CT molecular complexity index is 403. The minimum atomic E-state index is 0. The Morgan fingerprint density at radius 1 is 1.44 bits per heavy atom. The van der Waals surface area contributed by atoms with E-state index in [1.807, 2.05) is 6.08 Å². The lowest BCUT2D eigenvalue weighted by atomic mass is 10.1. The van der Waals surface area contributed by atoms with Crippen LogP contribution in [0.2, 0.25) is 0 Å². The van der Waals surface area contributed by atoms with Gasteiger partial charge in [-0.25, -0.2) is 0 Å². The number of aliphatic imine (C=N–C) groups is 1. The maximum absolute atomic E-state index is 4.18. The van der Waals surface area contributed by atoms with Gasteiger partial charge in [0.05, 0.1) is 0 Å². The zero-order chi connectivity index (χ0) is 12.1. The second kappa shape index (κ2) is 7.41. The topological polar surface area (TPSA) is 36.4 Å². The molecule has 1 aliphatic rings. The van der Waals surface area contributed by atoms with Gasteiger partial charge >= 0.3 is 0 Å². The van der Waals surface area contributed by atoms with E-state index in [4.69, 9.17) is 0 Å². The smallest absolute Gasteiger partial charge is 0.191 e. The summed E-state index contributed by atoms with van der Waals surface area (Å²) in [6, 6.07) is 11.1. The minimum absolute atomic E-state index is 0. The molecule has 2 rings (SSSR count). The van der Waals surface area contributed by atoms with E-state index < -0.39 is 0 Å². The van der Waals surface area contributed by atoms with Gasteiger partial charge in [-0.15, -0.1) is 30.6 Å². The number of rotatable bonds is 4. The molecule has 2 unspecified atom stereocenters. The van der Waals surface area contributed by atoms with Crippen molar-refractivity contribution in [3.63, 3.8) is 0 Å². The van der Waals surface area contributed by atoms with Crippen LogP contribution in [0.5, 0.6) is 0 Å². The zero-order valence-electron chi connectivity index (χ0n) is 10.6. The summed E-state index contributed by atoms with van der Waals surface area (Å²) in [5, 5.41) is 6.60. The lowest BCUT2D eigenvalue weighted by Gasteiger charge is -2.10. The molecule has 0 aromatic heterocycles. The molecule has 0 radical (unpaired) electrons. The molecule has 18 heavy (non-hydrogen) atoms. The maximum atomic E-state index is 4.18. The van der Waals surface area contributed by atoms with Crippen molar-refractivity contribution in [3.05, 3.63) is 48.6 Å². The number of hydrogen-bond donors (Lipinski definition) is 2. The predicted octanol–water partition coefficient (Wildman–Crippen LogP) is 2.51. The first kappa shape index (κ1) is 15.0. The first-order valence-electron chi connectivity index (χ1n) is 5.98. The molecule has 0 bridgehead atoms. The number of nitrogens with one attached hydrogen (secondary N) is 2. The highest BCUT2D eigenvalue weighted by atomic mass is 127. The highest BCUT2D eigenvalue weighted by Crippen LogP contribution is 2.40. The zero-order valence-corrected chi connectivity index (χ0v) is 12.9. The Balaban J connectivity index is 0.00000162. The normalized spacial score (nSPS) is 21.7. The van der Waals surface area contributed by atoms with Crippen molar-refractivity contribution >= 4 is 29.9 Å². The molecule has 3 nitrogen and oxygen atoms in total. The number of benzene rings is 1. The fourth-order valence-electron chi connectivity index (χ4n) is 1.96. The van der Waals surface area contributed by atoms with E-state index >= 15 is 0 Å². The molecule has 4 heteroatoms. The van der Waals surface area contributed by atoms with Crippen molar-refractivity contribution in [1.29, 1.82) is 0 Å². The van der Waals surface area contributed by atoms with E-state index in [9.17, 15) is 0 Å². The van der Waals surface area contributed by atoms with E-state index in [1.54, 1.807) is 7.05 Å². The third kappa shape index (κ3) is 4.01. The number of hydrogen-bond acceptors (Lipinski definition) is 1. The monoisotopic (exact) mass is 357 g/mol. The first-order chi connectivity index (χ1) is 8.35. The van der Waals surface area contributed by atoms with Crippen LogP contribution < -0.4 is 10.6 Å². The molecule has 1 aromatic carbocycles. The lowest BCUT2D eigenvalue weighted by Crippen LogP contribution is -2.38. The van der Waals surface area contributed by atoms with Crippen LogP contribution in [-0.4, -0.2) is 25.6 Å². The molecule has 1 fully saturated rings. The molecular weight excluding hydrogens is 337 g/mol. The second-order valence-electron chi connectivity index (χ2n) is 4.25. The standard InChI is InChI=1S/C14H19N3.HI/c1-3-9-16-14(15-2)17-13-10-12(13)11-7-5-4-6-8-11;/h3-8,12-13H,1,9-10H2,2H3,(H2,15,16,17);1H. The molecule has 0 saturated heterocycles. The Labute approximate surface area is 126 Å². The first-order valence-corrected chi connectivity index (χ1v) is 5.98. The fraction of sp³-hybridized carbons (Fsp3) is 0.357. The van der Waals surface area contributed by atoms with E-state index in [1.165, 1.54) is 12.0 Å². The van der Waals surface area contributed by atoms with Crippen molar-refractivity contribution in [2.24, 2.45) is 4.99 Å². The number of nitrogens with zero attached hydrogens (tertiary/aromatic N) is 1. The van der Waals surface area contributed by atoms with Gasteiger partial charge in [0, 0.05) is 25.6 Å². The van der Waals surface area contributed by atoms with Crippen LogP contribution in [0, 0.1) is 0 Å². The second-order valence-corrected chi connectivity index (χ2v) is 4.25. The minimum Gasteiger partial charge on any atom is -0.353 e. The summed E-state index contributed by atoms with van der Waals surface area (Å²) in [4.78, 5) is 4.18. The van der Waals surface area contributed by atoms with E-state index in [0.29, 0.717) is 12.0 Å². The number of halogens is 1. The molecular formula is C14H20IN3. The van der Waals surface area contributed by atoms with Gasteiger partial charge in [-0.2, -0.15) is 0 Å². The van der Waals surface area contributed by atoms with Gasteiger partial charge in [0.2, 0.25) is 0 Å². The van der Waals surface area contributed by atoms with Gasteiger partial charge in [-0.1, -0.05) is 36.4 Å². The third-order valence-electron chi connectivity index (χ3n) is 2.98. The summed E-state index contributed by atoms with van der Waals surface area (Å²) in [5.41, 5.74) is 1.41. The van der Waals surface area contributed by atoms with Crippen molar-refractivity contribution in [1.82, 2.24) is 10.6 Å². The van der Waals surface area contributed by atoms with Crippen molar-refractivity contribution in [2.75, 3.05) is 13.6 Å².